The Bertz CT molecular complexity index is 1040. The van der Waals surface area contributed by atoms with E-state index in [9.17, 15) is 26.3 Å². The Morgan fingerprint density at radius 3 is 1.78 bits per heavy atom. The van der Waals surface area contributed by atoms with E-state index in [4.69, 9.17) is 23.2 Å². The third-order valence-corrected chi connectivity index (χ3v) is 8.43. The van der Waals surface area contributed by atoms with Crippen LogP contribution in [0.1, 0.15) is 61.3 Å². The van der Waals surface area contributed by atoms with E-state index in [0.717, 1.165) is 38.1 Å². The lowest BCUT2D eigenvalue weighted by atomic mass is 9.82. The van der Waals surface area contributed by atoms with E-state index in [-0.39, 0.29) is 18.1 Å². The van der Waals surface area contributed by atoms with Crippen LogP contribution in [-0.4, -0.2) is 42.0 Å². The highest BCUT2D eigenvalue weighted by Gasteiger charge is 2.42. The van der Waals surface area contributed by atoms with Gasteiger partial charge in [-0.05, 0) is 62.1 Å². The normalized spacial score (nSPS) is 20.7. The maximum absolute atomic E-state index is 13.6. The fraction of sp³-hybridized carbons (Fsp3) is 0.556. The molecule has 1 atom stereocenters. The molecule has 0 spiro atoms. The number of benzene rings is 2. The number of hydrogen-bond acceptors (Lipinski definition) is 2. The molecule has 10 heteroatoms. The lowest BCUT2D eigenvalue weighted by Gasteiger charge is -2.49. The van der Waals surface area contributed by atoms with Crippen molar-refractivity contribution in [2.45, 2.75) is 69.4 Å². The second-order valence-electron chi connectivity index (χ2n) is 10.3. The largest absolute Gasteiger partial charge is 0.416 e. The lowest BCUT2D eigenvalue weighted by molar-refractivity contribution is -0.143. The van der Waals surface area contributed by atoms with Crippen LogP contribution >= 0.6 is 23.2 Å². The zero-order chi connectivity index (χ0) is 27.0. The fourth-order valence-corrected chi connectivity index (χ4v) is 6.72. The summed E-state index contributed by atoms with van der Waals surface area (Å²) in [6.45, 7) is 4.53. The third-order valence-electron chi connectivity index (χ3n) is 7.80. The van der Waals surface area contributed by atoms with Gasteiger partial charge in [0.1, 0.15) is 0 Å². The van der Waals surface area contributed by atoms with Crippen molar-refractivity contribution in [2.24, 2.45) is 0 Å². The zero-order valence-electron chi connectivity index (χ0n) is 20.5. The van der Waals surface area contributed by atoms with Crippen LogP contribution in [0, 0.1) is 0 Å². The van der Waals surface area contributed by atoms with Gasteiger partial charge in [-0.15, -0.1) is 0 Å². The molecule has 2 aromatic carbocycles. The molecule has 2 fully saturated rings. The molecule has 2 nitrogen and oxygen atoms in total. The summed E-state index contributed by atoms with van der Waals surface area (Å²) in [5.41, 5.74) is -3.24. The first-order valence-electron chi connectivity index (χ1n) is 12.5. The number of alkyl halides is 6. The lowest BCUT2D eigenvalue weighted by Crippen LogP contribution is -2.57. The number of halogens is 8. The minimum Gasteiger partial charge on any atom is -0.298 e. The molecule has 0 radical (unpaired) electrons. The molecule has 2 aliphatic rings. The Morgan fingerprint density at radius 2 is 1.30 bits per heavy atom. The molecule has 37 heavy (non-hydrogen) atoms. The third kappa shape index (κ3) is 6.40. The summed E-state index contributed by atoms with van der Waals surface area (Å²) in [6.07, 6.45) is -4.00. The molecule has 1 aliphatic heterocycles. The van der Waals surface area contributed by atoms with Crippen LogP contribution in [0.15, 0.2) is 36.4 Å². The number of hydrogen-bond donors (Lipinski definition) is 0. The number of nitrogens with zero attached hydrogens (tertiary/aromatic N) is 2. The van der Waals surface area contributed by atoms with Crippen LogP contribution < -0.4 is 0 Å². The molecule has 1 saturated carbocycles. The van der Waals surface area contributed by atoms with Crippen LogP contribution in [0.25, 0.3) is 0 Å². The van der Waals surface area contributed by atoms with E-state index in [1.807, 2.05) is 6.92 Å². The van der Waals surface area contributed by atoms with Crippen molar-refractivity contribution in [2.75, 3.05) is 26.2 Å². The SMILES string of the molecule is CC(Cc1cc(C(F)(F)F)cc(C(F)(F)F)c1)(c1c(Cl)cccc1Cl)N1CCN(C2CCCCC2)CC1. The van der Waals surface area contributed by atoms with Gasteiger partial charge >= 0.3 is 12.4 Å². The quantitative estimate of drug-likeness (QED) is 0.335. The van der Waals surface area contributed by atoms with Crippen molar-refractivity contribution >= 4 is 23.2 Å². The Kier molecular flexibility index (Phi) is 8.44. The number of piperazine rings is 1. The summed E-state index contributed by atoms with van der Waals surface area (Å²) in [4.78, 5) is 4.56. The van der Waals surface area contributed by atoms with E-state index in [1.165, 1.54) is 19.3 Å². The predicted octanol–water partition coefficient (Wildman–Crippen LogP) is 8.44. The van der Waals surface area contributed by atoms with Crippen LogP contribution in [0.2, 0.25) is 10.0 Å². The molecule has 204 valence electrons. The summed E-state index contributed by atoms with van der Waals surface area (Å²) < 4.78 is 81.4. The molecule has 2 aromatic rings. The fourth-order valence-electron chi connectivity index (χ4n) is 5.92. The first kappa shape index (κ1) is 28.5. The van der Waals surface area contributed by atoms with Gasteiger partial charge in [0.2, 0.25) is 0 Å². The molecule has 0 aromatic heterocycles. The highest BCUT2D eigenvalue weighted by Crippen LogP contribution is 2.43. The Hall–Kier alpha value is -1.48. The molecule has 0 bridgehead atoms. The van der Waals surface area contributed by atoms with Gasteiger partial charge in [0, 0.05) is 47.8 Å². The van der Waals surface area contributed by atoms with E-state index in [0.29, 0.717) is 34.7 Å². The van der Waals surface area contributed by atoms with Crippen molar-refractivity contribution < 1.29 is 26.3 Å². The monoisotopic (exact) mass is 566 g/mol. The highest BCUT2D eigenvalue weighted by atomic mass is 35.5. The minimum atomic E-state index is -4.92. The smallest absolute Gasteiger partial charge is 0.298 e. The highest BCUT2D eigenvalue weighted by molar-refractivity contribution is 6.36. The van der Waals surface area contributed by atoms with Crippen LogP contribution in [0.4, 0.5) is 26.3 Å². The summed E-state index contributed by atoms with van der Waals surface area (Å²) in [7, 11) is 0. The van der Waals surface area contributed by atoms with Gasteiger partial charge in [-0.2, -0.15) is 26.3 Å². The molecule has 1 saturated heterocycles. The van der Waals surface area contributed by atoms with Gasteiger partial charge < -0.3 is 0 Å². The van der Waals surface area contributed by atoms with Gasteiger partial charge in [-0.3, -0.25) is 9.80 Å². The van der Waals surface area contributed by atoms with Crippen molar-refractivity contribution in [1.29, 1.82) is 0 Å². The van der Waals surface area contributed by atoms with Crippen LogP contribution in [0.3, 0.4) is 0 Å². The molecule has 4 rings (SSSR count). The van der Waals surface area contributed by atoms with E-state index < -0.39 is 29.0 Å². The van der Waals surface area contributed by atoms with E-state index >= 15 is 0 Å². The van der Waals surface area contributed by atoms with E-state index in [1.54, 1.807) is 18.2 Å². The van der Waals surface area contributed by atoms with E-state index in [2.05, 4.69) is 9.80 Å². The maximum Gasteiger partial charge on any atom is 0.416 e. The van der Waals surface area contributed by atoms with Gasteiger partial charge in [-0.25, -0.2) is 0 Å². The van der Waals surface area contributed by atoms with Gasteiger partial charge in [-0.1, -0.05) is 48.5 Å². The second kappa shape index (κ2) is 10.9. The number of rotatable bonds is 5. The Balaban J connectivity index is 1.72. The average Bonchev–Trinajstić information content (AvgIpc) is 2.83. The van der Waals surface area contributed by atoms with Crippen LogP contribution in [0.5, 0.6) is 0 Å². The predicted molar refractivity (Wildman–Crippen MR) is 134 cm³/mol. The molecule has 1 unspecified atom stereocenters. The van der Waals surface area contributed by atoms with Gasteiger partial charge in [0.05, 0.1) is 16.7 Å². The summed E-state index contributed by atoms with van der Waals surface area (Å²) in [6, 6.07) is 7.24. The second-order valence-corrected chi connectivity index (χ2v) is 11.1. The standard InChI is InChI=1S/C27H30Cl2F6N2/c1-25(24-22(28)8-5-9-23(24)29,37-12-10-36(11-13-37)21-6-3-2-4-7-21)17-18-14-19(26(30,31)32)16-20(15-18)27(33,34)35/h5,8-9,14-16,21H,2-4,6-7,10-13,17H2,1H3. The van der Waals surface area contributed by atoms with Crippen molar-refractivity contribution in [3.8, 4) is 0 Å². The molecule has 1 aliphatic carbocycles. The summed E-state index contributed by atoms with van der Waals surface area (Å²) in [5.74, 6) is 0. The van der Waals surface area contributed by atoms with Gasteiger partial charge in [0.25, 0.3) is 0 Å². The summed E-state index contributed by atoms with van der Waals surface area (Å²) in [5, 5.41) is 0.653. The minimum absolute atomic E-state index is 0.0738. The van der Waals surface area contributed by atoms with Crippen molar-refractivity contribution in [1.82, 2.24) is 9.80 Å². The molecular formula is C27H30Cl2F6N2. The first-order valence-corrected chi connectivity index (χ1v) is 13.3. The molecule has 0 N–H and O–H groups in total. The van der Waals surface area contributed by atoms with Crippen LogP contribution in [-0.2, 0) is 24.3 Å². The molecule has 1 heterocycles. The maximum atomic E-state index is 13.6. The summed E-state index contributed by atoms with van der Waals surface area (Å²) >= 11 is 13.2. The van der Waals surface area contributed by atoms with Crippen molar-refractivity contribution in [3.63, 3.8) is 0 Å². The Morgan fingerprint density at radius 1 is 0.784 bits per heavy atom. The molecular weight excluding hydrogens is 537 g/mol. The average molecular weight is 567 g/mol. The topological polar surface area (TPSA) is 6.48 Å². The zero-order valence-corrected chi connectivity index (χ0v) is 22.0. The molecule has 0 amide bonds. The first-order chi connectivity index (χ1) is 17.3. The Labute approximate surface area is 223 Å². The van der Waals surface area contributed by atoms with Crippen molar-refractivity contribution in [3.05, 3.63) is 68.7 Å². The van der Waals surface area contributed by atoms with Gasteiger partial charge in [0.15, 0.2) is 0 Å².